The molecule has 0 saturated heterocycles. The highest BCUT2D eigenvalue weighted by atomic mass is 16.1. The van der Waals surface area contributed by atoms with Crippen molar-refractivity contribution in [3.8, 4) is 0 Å². The van der Waals surface area contributed by atoms with Crippen LogP contribution in [0.4, 0.5) is 5.82 Å². The zero-order valence-corrected chi connectivity index (χ0v) is 8.76. The fraction of sp³-hybridized carbons (Fsp3) is 0.700. The van der Waals surface area contributed by atoms with Crippen LogP contribution in [0.5, 0.6) is 0 Å². The Morgan fingerprint density at radius 3 is 2.93 bits per heavy atom. The first-order valence-electron chi connectivity index (χ1n) is 5.24. The minimum atomic E-state index is 0.154. The molecule has 2 rings (SSSR count). The number of nitrogens with one attached hydrogen (secondary N) is 2. The van der Waals surface area contributed by atoms with E-state index in [9.17, 15) is 4.79 Å². The number of anilines is 1. The van der Waals surface area contributed by atoms with Crippen molar-refractivity contribution in [1.29, 1.82) is 0 Å². The lowest BCUT2D eigenvalue weighted by Crippen LogP contribution is -2.22. The van der Waals surface area contributed by atoms with Gasteiger partial charge in [-0.25, -0.2) is 0 Å². The Bertz CT molecular complexity index is 375. The van der Waals surface area contributed by atoms with Crippen LogP contribution in [0, 0.1) is 5.92 Å². The second-order valence-electron chi connectivity index (χ2n) is 4.31. The molecule has 0 atom stereocenters. The quantitative estimate of drug-likeness (QED) is 0.744. The molecule has 14 heavy (non-hydrogen) atoms. The molecular formula is C10H17N3O. The van der Waals surface area contributed by atoms with E-state index >= 15 is 0 Å². The minimum Gasteiger partial charge on any atom is -0.370 e. The number of hydrogen-bond donors (Lipinski definition) is 2. The van der Waals surface area contributed by atoms with Gasteiger partial charge < -0.3 is 5.32 Å². The van der Waals surface area contributed by atoms with Gasteiger partial charge in [0.15, 0.2) is 0 Å². The van der Waals surface area contributed by atoms with E-state index in [1.807, 2.05) is 0 Å². The molecule has 1 aliphatic heterocycles. The molecule has 1 aliphatic rings. The highest BCUT2D eigenvalue weighted by Crippen LogP contribution is 2.15. The number of H-pyrrole nitrogens is 1. The van der Waals surface area contributed by atoms with Crippen molar-refractivity contribution in [2.75, 3.05) is 11.9 Å². The Labute approximate surface area is 83.3 Å². The Kier molecular flexibility index (Phi) is 2.35. The van der Waals surface area contributed by atoms with Crippen LogP contribution in [0.25, 0.3) is 0 Å². The summed E-state index contributed by atoms with van der Waals surface area (Å²) in [6.07, 6.45) is 1.96. The summed E-state index contributed by atoms with van der Waals surface area (Å²) in [4.78, 5) is 11.8. The molecule has 0 unspecified atom stereocenters. The zero-order chi connectivity index (χ0) is 10.1. The number of rotatable bonds is 2. The molecule has 4 nitrogen and oxygen atoms in total. The lowest BCUT2D eigenvalue weighted by molar-refractivity contribution is 0.473. The summed E-state index contributed by atoms with van der Waals surface area (Å²) in [5, 5.41) is 6.35. The third-order valence-corrected chi connectivity index (χ3v) is 2.50. The molecule has 78 valence electrons. The zero-order valence-electron chi connectivity index (χ0n) is 8.76. The fourth-order valence-electron chi connectivity index (χ4n) is 1.87. The van der Waals surface area contributed by atoms with Crippen molar-refractivity contribution in [3.63, 3.8) is 0 Å². The van der Waals surface area contributed by atoms with Crippen LogP contribution in [0.15, 0.2) is 4.79 Å². The van der Waals surface area contributed by atoms with Gasteiger partial charge in [-0.05, 0) is 18.8 Å². The van der Waals surface area contributed by atoms with Gasteiger partial charge in [0.1, 0.15) is 5.82 Å². The molecule has 0 bridgehead atoms. The van der Waals surface area contributed by atoms with Crippen LogP contribution in [0.3, 0.4) is 0 Å². The maximum Gasteiger partial charge on any atom is 0.271 e. The third-order valence-electron chi connectivity index (χ3n) is 2.50. The second-order valence-corrected chi connectivity index (χ2v) is 4.31. The number of nitrogens with zero attached hydrogens (tertiary/aromatic N) is 1. The normalized spacial score (nSPS) is 15.4. The Balaban J connectivity index is 2.34. The highest BCUT2D eigenvalue weighted by molar-refractivity contribution is 5.44. The van der Waals surface area contributed by atoms with E-state index in [4.69, 9.17) is 0 Å². The van der Waals surface area contributed by atoms with E-state index in [-0.39, 0.29) is 5.56 Å². The molecule has 4 heteroatoms. The maximum absolute atomic E-state index is 11.8. The van der Waals surface area contributed by atoms with E-state index in [2.05, 4.69) is 24.3 Å². The van der Waals surface area contributed by atoms with E-state index in [1.165, 1.54) is 0 Å². The third kappa shape index (κ3) is 1.56. The van der Waals surface area contributed by atoms with Gasteiger partial charge in [0.2, 0.25) is 0 Å². The van der Waals surface area contributed by atoms with Gasteiger partial charge in [0, 0.05) is 13.1 Å². The second kappa shape index (κ2) is 3.52. The fourth-order valence-corrected chi connectivity index (χ4v) is 1.87. The largest absolute Gasteiger partial charge is 0.370 e. The summed E-state index contributed by atoms with van der Waals surface area (Å²) in [5.74, 6) is 1.43. The van der Waals surface area contributed by atoms with Crippen molar-refractivity contribution >= 4 is 5.82 Å². The first-order valence-corrected chi connectivity index (χ1v) is 5.24. The Morgan fingerprint density at radius 2 is 2.29 bits per heavy atom. The van der Waals surface area contributed by atoms with E-state index in [0.29, 0.717) is 5.92 Å². The lowest BCUT2D eigenvalue weighted by atomic mass is 10.1. The molecule has 0 aromatic carbocycles. The molecule has 2 heterocycles. The van der Waals surface area contributed by atoms with E-state index in [0.717, 1.165) is 37.3 Å². The van der Waals surface area contributed by atoms with Crippen molar-refractivity contribution < 1.29 is 0 Å². The monoisotopic (exact) mass is 195 g/mol. The molecular weight excluding hydrogens is 178 g/mol. The molecule has 1 aromatic heterocycles. The Hall–Kier alpha value is -1.19. The molecule has 0 spiro atoms. The molecule has 0 fully saturated rings. The van der Waals surface area contributed by atoms with Crippen LogP contribution in [0.1, 0.15) is 25.8 Å². The van der Waals surface area contributed by atoms with Crippen LogP contribution < -0.4 is 10.9 Å². The SMILES string of the molecule is CC(C)Cn1[nH]c2c(c1=O)CCCN2. The molecule has 0 saturated carbocycles. The minimum absolute atomic E-state index is 0.154. The predicted octanol–water partition coefficient (Wildman–Crippen LogP) is 1.19. The summed E-state index contributed by atoms with van der Waals surface area (Å²) in [5.41, 5.74) is 1.08. The van der Waals surface area contributed by atoms with Gasteiger partial charge in [-0.1, -0.05) is 13.8 Å². The van der Waals surface area contributed by atoms with Crippen molar-refractivity contribution in [2.24, 2.45) is 5.92 Å². The summed E-state index contributed by atoms with van der Waals surface area (Å²) >= 11 is 0. The summed E-state index contributed by atoms with van der Waals surface area (Å²) in [6, 6.07) is 0. The van der Waals surface area contributed by atoms with Crippen molar-refractivity contribution in [2.45, 2.75) is 33.2 Å². The van der Waals surface area contributed by atoms with Crippen LogP contribution in [0.2, 0.25) is 0 Å². The molecule has 0 radical (unpaired) electrons. The van der Waals surface area contributed by atoms with E-state index in [1.54, 1.807) is 4.68 Å². The maximum atomic E-state index is 11.8. The van der Waals surface area contributed by atoms with Crippen molar-refractivity contribution in [1.82, 2.24) is 9.78 Å². The van der Waals surface area contributed by atoms with Gasteiger partial charge in [0.25, 0.3) is 5.56 Å². The first-order chi connectivity index (χ1) is 6.68. The van der Waals surface area contributed by atoms with Crippen LogP contribution >= 0.6 is 0 Å². The highest BCUT2D eigenvalue weighted by Gasteiger charge is 2.17. The van der Waals surface area contributed by atoms with Gasteiger partial charge in [0.05, 0.1) is 5.56 Å². The smallest absolute Gasteiger partial charge is 0.271 e. The molecule has 1 aromatic rings. The van der Waals surface area contributed by atoms with Crippen molar-refractivity contribution in [3.05, 3.63) is 15.9 Å². The summed E-state index contributed by atoms with van der Waals surface area (Å²) < 4.78 is 1.72. The Morgan fingerprint density at radius 1 is 1.50 bits per heavy atom. The first kappa shape index (κ1) is 9.37. The average molecular weight is 195 g/mol. The van der Waals surface area contributed by atoms with Gasteiger partial charge in [-0.2, -0.15) is 0 Å². The van der Waals surface area contributed by atoms with E-state index < -0.39 is 0 Å². The lowest BCUT2D eigenvalue weighted by Gasteiger charge is -2.10. The predicted molar refractivity (Wildman–Crippen MR) is 56.7 cm³/mol. The standard InChI is InChI=1S/C10H17N3O/c1-7(2)6-13-10(14)8-4-3-5-11-9(8)12-13/h7,11-12H,3-6H2,1-2H3. The average Bonchev–Trinajstić information content (AvgIpc) is 2.44. The van der Waals surface area contributed by atoms with Gasteiger partial charge in [-0.3, -0.25) is 14.6 Å². The number of hydrogen-bond acceptors (Lipinski definition) is 2. The van der Waals surface area contributed by atoms with Crippen LogP contribution in [-0.2, 0) is 13.0 Å². The molecule has 2 N–H and O–H groups in total. The topological polar surface area (TPSA) is 49.8 Å². The van der Waals surface area contributed by atoms with Gasteiger partial charge in [-0.15, -0.1) is 0 Å². The summed E-state index contributed by atoms with van der Waals surface area (Å²) in [6.45, 7) is 5.96. The van der Waals surface area contributed by atoms with Gasteiger partial charge >= 0.3 is 0 Å². The molecule has 0 amide bonds. The number of aromatic nitrogens is 2. The summed E-state index contributed by atoms with van der Waals surface area (Å²) in [7, 11) is 0. The molecule has 0 aliphatic carbocycles. The number of fused-ring (bicyclic) bond motifs is 1. The number of aromatic amines is 1. The van der Waals surface area contributed by atoms with Crippen LogP contribution in [-0.4, -0.2) is 16.3 Å².